The zero-order valence-corrected chi connectivity index (χ0v) is 14.6. The van der Waals surface area contributed by atoms with Crippen LogP contribution >= 0.6 is 11.3 Å². The van der Waals surface area contributed by atoms with Gasteiger partial charge in [0.1, 0.15) is 0 Å². The second-order valence-electron chi connectivity index (χ2n) is 5.92. The van der Waals surface area contributed by atoms with Crippen molar-refractivity contribution in [2.24, 2.45) is 0 Å². The summed E-state index contributed by atoms with van der Waals surface area (Å²) in [6, 6.07) is 0.544. The normalized spacial score (nSPS) is 17.9. The SMILES string of the molecule is CCN(CC)c1ncc(CNC(C)CN2CCCCC2)s1. The Morgan fingerprint density at radius 1 is 1.29 bits per heavy atom. The van der Waals surface area contributed by atoms with Gasteiger partial charge >= 0.3 is 0 Å². The number of thiazole rings is 1. The van der Waals surface area contributed by atoms with Gasteiger partial charge in [0.15, 0.2) is 5.13 Å². The summed E-state index contributed by atoms with van der Waals surface area (Å²) in [6.07, 6.45) is 6.18. The van der Waals surface area contributed by atoms with Crippen molar-refractivity contribution in [1.29, 1.82) is 0 Å². The number of anilines is 1. The fourth-order valence-corrected chi connectivity index (χ4v) is 3.88. The Bertz CT molecular complexity index is 397. The van der Waals surface area contributed by atoms with Crippen molar-refractivity contribution in [3.63, 3.8) is 0 Å². The molecule has 1 aromatic heterocycles. The van der Waals surface area contributed by atoms with Gasteiger partial charge in [0.05, 0.1) is 0 Å². The average molecular weight is 311 g/mol. The molecule has 0 aliphatic carbocycles. The van der Waals surface area contributed by atoms with Gasteiger partial charge in [0.25, 0.3) is 0 Å². The summed E-state index contributed by atoms with van der Waals surface area (Å²) in [7, 11) is 0. The Kier molecular flexibility index (Phi) is 6.93. The van der Waals surface area contributed by atoms with Gasteiger partial charge < -0.3 is 15.1 Å². The van der Waals surface area contributed by atoms with E-state index in [1.54, 1.807) is 0 Å². The van der Waals surface area contributed by atoms with Gasteiger partial charge in [-0.05, 0) is 46.7 Å². The van der Waals surface area contributed by atoms with Crippen LogP contribution in [0.2, 0.25) is 0 Å². The lowest BCUT2D eigenvalue weighted by Gasteiger charge is -2.29. The highest BCUT2D eigenvalue weighted by Gasteiger charge is 2.13. The molecule has 21 heavy (non-hydrogen) atoms. The third-order valence-electron chi connectivity index (χ3n) is 4.18. The number of aromatic nitrogens is 1. The Morgan fingerprint density at radius 2 is 2.00 bits per heavy atom. The number of hydrogen-bond acceptors (Lipinski definition) is 5. The monoisotopic (exact) mass is 310 g/mol. The van der Waals surface area contributed by atoms with E-state index < -0.39 is 0 Å². The first-order valence-corrected chi connectivity index (χ1v) is 9.20. The summed E-state index contributed by atoms with van der Waals surface area (Å²) in [4.78, 5) is 10.8. The summed E-state index contributed by atoms with van der Waals surface area (Å²) in [5, 5.41) is 4.80. The maximum atomic E-state index is 4.55. The summed E-state index contributed by atoms with van der Waals surface area (Å²) in [5.41, 5.74) is 0. The van der Waals surface area contributed by atoms with Crippen LogP contribution in [0.15, 0.2) is 6.20 Å². The minimum atomic E-state index is 0.544. The molecule has 120 valence electrons. The van der Waals surface area contributed by atoms with E-state index in [2.05, 4.69) is 40.9 Å². The molecule has 1 aliphatic heterocycles. The molecule has 0 aromatic carbocycles. The molecule has 2 rings (SSSR count). The summed E-state index contributed by atoms with van der Waals surface area (Å²) >= 11 is 1.82. The highest BCUT2D eigenvalue weighted by Crippen LogP contribution is 2.22. The Balaban J connectivity index is 1.74. The zero-order valence-electron chi connectivity index (χ0n) is 13.8. The molecule has 2 heterocycles. The molecule has 0 radical (unpaired) electrons. The zero-order chi connectivity index (χ0) is 15.1. The fraction of sp³-hybridized carbons (Fsp3) is 0.812. The second kappa shape index (κ2) is 8.71. The smallest absolute Gasteiger partial charge is 0.185 e. The number of nitrogens with one attached hydrogen (secondary N) is 1. The summed E-state index contributed by atoms with van der Waals surface area (Å²) in [6.45, 7) is 13.4. The van der Waals surface area contributed by atoms with E-state index in [0.717, 1.165) is 24.8 Å². The Hall–Kier alpha value is -0.650. The molecule has 1 unspecified atom stereocenters. The average Bonchev–Trinajstić information content (AvgIpc) is 2.96. The van der Waals surface area contributed by atoms with E-state index in [0.29, 0.717) is 6.04 Å². The third kappa shape index (κ3) is 5.24. The maximum Gasteiger partial charge on any atom is 0.185 e. The highest BCUT2D eigenvalue weighted by atomic mass is 32.1. The van der Waals surface area contributed by atoms with Gasteiger partial charge in [-0.15, -0.1) is 11.3 Å². The van der Waals surface area contributed by atoms with Crippen LogP contribution in [-0.2, 0) is 6.54 Å². The van der Waals surface area contributed by atoms with Crippen molar-refractivity contribution < 1.29 is 0 Å². The molecular weight excluding hydrogens is 280 g/mol. The first kappa shape index (κ1) is 16.7. The van der Waals surface area contributed by atoms with Crippen LogP contribution < -0.4 is 10.2 Å². The van der Waals surface area contributed by atoms with Crippen LogP contribution in [-0.4, -0.2) is 48.6 Å². The molecular formula is C16H30N4S. The van der Waals surface area contributed by atoms with Gasteiger partial charge in [-0.1, -0.05) is 6.42 Å². The third-order valence-corrected chi connectivity index (χ3v) is 5.24. The quantitative estimate of drug-likeness (QED) is 0.800. The van der Waals surface area contributed by atoms with Crippen LogP contribution in [0.1, 0.15) is 44.9 Å². The van der Waals surface area contributed by atoms with Gasteiger partial charge in [0.2, 0.25) is 0 Å². The van der Waals surface area contributed by atoms with Crippen LogP contribution in [0.25, 0.3) is 0 Å². The molecule has 1 atom stereocenters. The lowest BCUT2D eigenvalue weighted by Crippen LogP contribution is -2.41. The lowest BCUT2D eigenvalue weighted by molar-refractivity contribution is 0.209. The van der Waals surface area contributed by atoms with Crippen molar-refractivity contribution in [2.75, 3.05) is 37.6 Å². The molecule has 1 N–H and O–H groups in total. The largest absolute Gasteiger partial charge is 0.349 e. The molecule has 1 aromatic rings. The van der Waals surface area contributed by atoms with Crippen molar-refractivity contribution in [3.05, 3.63) is 11.1 Å². The predicted octanol–water partition coefficient (Wildman–Crippen LogP) is 2.95. The molecule has 5 heteroatoms. The molecule has 0 spiro atoms. The topological polar surface area (TPSA) is 31.4 Å². The van der Waals surface area contributed by atoms with Gasteiger partial charge in [-0.3, -0.25) is 0 Å². The van der Waals surface area contributed by atoms with Crippen LogP contribution in [0.5, 0.6) is 0 Å². The molecule has 0 saturated carbocycles. The van der Waals surface area contributed by atoms with Crippen LogP contribution in [0, 0.1) is 0 Å². The van der Waals surface area contributed by atoms with E-state index >= 15 is 0 Å². The number of rotatable bonds is 8. The van der Waals surface area contributed by atoms with Crippen molar-refractivity contribution in [3.8, 4) is 0 Å². The van der Waals surface area contributed by atoms with Crippen molar-refractivity contribution in [1.82, 2.24) is 15.2 Å². The molecule has 4 nitrogen and oxygen atoms in total. The first-order chi connectivity index (χ1) is 10.2. The fourth-order valence-electron chi connectivity index (χ4n) is 2.89. The minimum Gasteiger partial charge on any atom is -0.349 e. The van der Waals surface area contributed by atoms with Crippen LogP contribution in [0.4, 0.5) is 5.13 Å². The second-order valence-corrected chi connectivity index (χ2v) is 7.02. The van der Waals surface area contributed by atoms with Gasteiger partial charge in [0, 0.05) is 43.3 Å². The summed E-state index contributed by atoms with van der Waals surface area (Å²) < 4.78 is 0. The van der Waals surface area contributed by atoms with Crippen molar-refractivity contribution in [2.45, 2.75) is 52.6 Å². The minimum absolute atomic E-state index is 0.544. The van der Waals surface area contributed by atoms with E-state index in [9.17, 15) is 0 Å². The van der Waals surface area contributed by atoms with Crippen molar-refractivity contribution >= 4 is 16.5 Å². The summed E-state index contributed by atoms with van der Waals surface area (Å²) in [5.74, 6) is 0. The highest BCUT2D eigenvalue weighted by molar-refractivity contribution is 7.15. The van der Waals surface area contributed by atoms with E-state index in [1.165, 1.54) is 43.8 Å². The lowest BCUT2D eigenvalue weighted by atomic mass is 10.1. The molecule has 0 bridgehead atoms. The Labute approximate surface area is 133 Å². The van der Waals surface area contributed by atoms with Gasteiger partial charge in [-0.2, -0.15) is 0 Å². The van der Waals surface area contributed by atoms with E-state index in [1.807, 2.05) is 17.5 Å². The number of piperidine rings is 1. The number of hydrogen-bond donors (Lipinski definition) is 1. The van der Waals surface area contributed by atoms with Crippen LogP contribution in [0.3, 0.4) is 0 Å². The first-order valence-electron chi connectivity index (χ1n) is 8.38. The molecule has 1 aliphatic rings. The van der Waals surface area contributed by atoms with E-state index in [4.69, 9.17) is 0 Å². The molecule has 0 amide bonds. The number of nitrogens with zero attached hydrogens (tertiary/aromatic N) is 3. The standard InChI is InChI=1S/C16H30N4S/c1-4-20(5-2)16-18-12-15(21-16)11-17-14(3)13-19-9-7-6-8-10-19/h12,14,17H,4-11,13H2,1-3H3. The van der Waals surface area contributed by atoms with E-state index in [-0.39, 0.29) is 0 Å². The number of likely N-dealkylation sites (tertiary alicyclic amines) is 1. The molecule has 1 saturated heterocycles. The molecule has 1 fully saturated rings. The predicted molar refractivity (Wildman–Crippen MR) is 92.3 cm³/mol. The maximum absolute atomic E-state index is 4.55. The van der Waals surface area contributed by atoms with Gasteiger partial charge in [-0.25, -0.2) is 4.98 Å². The Morgan fingerprint density at radius 3 is 2.67 bits per heavy atom.